The number of likely N-dealkylation sites (tertiary alicyclic amines) is 2. The van der Waals surface area contributed by atoms with E-state index in [1.165, 1.54) is 36.5 Å². The lowest BCUT2D eigenvalue weighted by molar-refractivity contribution is -0.136. The Balaban J connectivity index is 1.02. The third kappa shape index (κ3) is 7.78. The van der Waals surface area contributed by atoms with Crippen molar-refractivity contribution in [2.75, 3.05) is 27.3 Å². The number of piperidine rings is 1. The van der Waals surface area contributed by atoms with Crippen LogP contribution in [0.25, 0.3) is 44.3 Å². The van der Waals surface area contributed by atoms with Crippen molar-refractivity contribution < 1.29 is 28.7 Å². The highest BCUT2D eigenvalue weighted by Crippen LogP contribution is 2.52. The van der Waals surface area contributed by atoms with Gasteiger partial charge in [-0.2, -0.15) is 0 Å². The van der Waals surface area contributed by atoms with E-state index in [4.69, 9.17) is 19.4 Å². The van der Waals surface area contributed by atoms with Crippen molar-refractivity contribution >= 4 is 46.1 Å². The van der Waals surface area contributed by atoms with Crippen molar-refractivity contribution in [2.45, 2.75) is 109 Å². The van der Waals surface area contributed by atoms with Gasteiger partial charge < -0.3 is 45.2 Å². The summed E-state index contributed by atoms with van der Waals surface area (Å²) in [6.45, 7) is 11.2. The van der Waals surface area contributed by atoms with E-state index in [0.717, 1.165) is 83.4 Å². The highest BCUT2D eigenvalue weighted by atomic mass is 16.5. The maximum atomic E-state index is 13.8. The molecule has 332 valence electrons. The summed E-state index contributed by atoms with van der Waals surface area (Å²) in [5, 5.41) is 9.45. The van der Waals surface area contributed by atoms with Gasteiger partial charge in [0.25, 0.3) is 0 Å². The van der Waals surface area contributed by atoms with Gasteiger partial charge >= 0.3 is 12.2 Å². The number of fused-ring (bicyclic) bond motifs is 7. The highest BCUT2D eigenvalue weighted by Gasteiger charge is 2.42. The second-order valence-electron chi connectivity index (χ2n) is 18.6. The Labute approximate surface area is 367 Å². The van der Waals surface area contributed by atoms with Crippen LogP contribution in [0.1, 0.15) is 120 Å². The van der Waals surface area contributed by atoms with Crippen molar-refractivity contribution in [3.8, 4) is 22.3 Å². The number of imidazole rings is 2. The number of aromatic nitrogens is 4. The maximum Gasteiger partial charge on any atom is 0.407 e. The number of rotatable bonds is 10. The summed E-state index contributed by atoms with van der Waals surface area (Å²) >= 11 is 0. The van der Waals surface area contributed by atoms with Gasteiger partial charge in [0.1, 0.15) is 23.7 Å². The van der Waals surface area contributed by atoms with Gasteiger partial charge in [0.15, 0.2) is 0 Å². The lowest BCUT2D eigenvalue weighted by atomic mass is 9.86. The van der Waals surface area contributed by atoms with Crippen molar-refractivity contribution in [3.05, 3.63) is 71.3 Å². The number of hydrogen-bond donors (Lipinski definition) is 5. The zero-order chi connectivity index (χ0) is 44.3. The summed E-state index contributed by atoms with van der Waals surface area (Å²) in [7, 11) is 2.61. The fourth-order valence-corrected chi connectivity index (χ4v) is 10.7. The molecule has 3 aromatic carbocycles. The molecule has 63 heavy (non-hydrogen) atoms. The largest absolute Gasteiger partial charge is 0.453 e. The van der Waals surface area contributed by atoms with Gasteiger partial charge in [-0.1, -0.05) is 58.9 Å². The molecule has 6 heterocycles. The number of ether oxygens (including phenoxy) is 2. The fourth-order valence-electron chi connectivity index (χ4n) is 10.7. The summed E-state index contributed by atoms with van der Waals surface area (Å²) in [5.74, 6) is 1.58. The van der Waals surface area contributed by atoms with Gasteiger partial charge in [-0.15, -0.1) is 0 Å². The zero-order valence-electron chi connectivity index (χ0n) is 37.2. The van der Waals surface area contributed by atoms with Crippen molar-refractivity contribution in [2.24, 2.45) is 17.8 Å². The third-order valence-corrected chi connectivity index (χ3v) is 13.8. The number of nitrogens with zero attached hydrogens (tertiary/aromatic N) is 4. The second kappa shape index (κ2) is 17.0. The van der Waals surface area contributed by atoms with Gasteiger partial charge in [0.05, 0.1) is 48.4 Å². The molecule has 0 aliphatic carbocycles. The molecule has 9 rings (SSSR count). The second-order valence-corrected chi connectivity index (χ2v) is 18.6. The Hall–Kier alpha value is -5.96. The summed E-state index contributed by atoms with van der Waals surface area (Å²) < 4.78 is 9.64. The maximum absolute atomic E-state index is 13.8. The van der Waals surface area contributed by atoms with E-state index < -0.39 is 24.3 Å². The Kier molecular flexibility index (Phi) is 11.4. The molecule has 0 radical (unpaired) electrons. The molecule has 15 heteroatoms. The first-order chi connectivity index (χ1) is 30.3. The number of H-pyrrole nitrogens is 2. The first kappa shape index (κ1) is 42.3. The topological polar surface area (TPSA) is 187 Å². The predicted octanol–water partition coefficient (Wildman–Crippen LogP) is 7.98. The number of methoxy groups -OCH3 is 2. The van der Waals surface area contributed by atoms with Crippen LogP contribution in [-0.4, -0.2) is 93.1 Å². The third-order valence-electron chi connectivity index (χ3n) is 13.8. The number of hydrogen-bond acceptors (Lipinski definition) is 9. The van der Waals surface area contributed by atoms with Crippen LogP contribution in [0.2, 0.25) is 0 Å². The molecule has 3 fully saturated rings. The Bertz CT molecular complexity index is 2410. The van der Waals surface area contributed by atoms with E-state index in [-0.39, 0.29) is 47.8 Å². The molecule has 5 N–H and O–H groups in total. The smallest absolute Gasteiger partial charge is 0.407 e. The molecule has 2 aromatic heterocycles. The SMILES string of the molecule is COC(=O)N[C@H](C(=O)N1CCC[C@H]1c1nc2ccc(-c3ccc(-c4ccc5nc([C@@H]6CCCN6C(=O)[C@@H](NC(=O)OC)C(C)C)[nH]c5c4)c4c3C3CC(C)CC4N3)cc2[nH]1)C(C)C. The molecular formula is C48H59N9O6. The van der Waals surface area contributed by atoms with Crippen LogP contribution in [0.3, 0.4) is 0 Å². The minimum absolute atomic E-state index is 0.114. The van der Waals surface area contributed by atoms with Gasteiger partial charge in [0.2, 0.25) is 11.8 Å². The van der Waals surface area contributed by atoms with Crippen molar-refractivity contribution in [1.29, 1.82) is 0 Å². The number of alkyl carbamates (subject to hydrolysis) is 2. The van der Waals surface area contributed by atoms with Gasteiger partial charge in [-0.05, 0) is 114 Å². The van der Waals surface area contributed by atoms with Crippen LogP contribution in [-0.2, 0) is 19.1 Å². The lowest BCUT2D eigenvalue weighted by Crippen LogP contribution is -2.51. The van der Waals surface area contributed by atoms with Crippen molar-refractivity contribution in [3.63, 3.8) is 0 Å². The monoisotopic (exact) mass is 857 g/mol. The molecule has 15 nitrogen and oxygen atoms in total. The molecule has 4 amide bonds. The van der Waals surface area contributed by atoms with E-state index >= 15 is 0 Å². The number of benzene rings is 3. The standard InChI is InChI=1S/C48H59N9O6/c1-24(2)41(54-47(60)62-6)45(58)56-18-8-10-37(56)43-50-31-16-12-27(22-33(31)52-43)29-14-15-30(40-36-21-26(5)20-35(49-36)39(29)40)28-13-17-32-34(23-28)53-44(51-32)38-11-9-19-57(38)46(59)42(25(3)4)55-48(61)63-7/h12-17,22-26,35-38,41-42,49H,8-11,18-21H2,1-7H3,(H,50,52)(H,51,53)(H,54,60)(H,55,61)/t26?,35?,36?,37-,38-,41-,42-/m0/s1. The van der Waals surface area contributed by atoms with E-state index in [1.807, 2.05) is 37.5 Å². The van der Waals surface area contributed by atoms with E-state index in [9.17, 15) is 19.2 Å². The average Bonchev–Trinajstić information content (AvgIpc) is 4.12. The van der Waals surface area contributed by atoms with Crippen LogP contribution in [0.15, 0.2) is 48.5 Å². The molecule has 5 aromatic rings. The van der Waals surface area contributed by atoms with Crippen LogP contribution >= 0.6 is 0 Å². The predicted molar refractivity (Wildman–Crippen MR) is 239 cm³/mol. The molecule has 3 saturated heterocycles. The van der Waals surface area contributed by atoms with E-state index in [2.05, 4.69) is 81.4 Å². The summed E-state index contributed by atoms with van der Waals surface area (Å²) in [4.78, 5) is 72.8. The number of amides is 4. The van der Waals surface area contributed by atoms with Crippen LogP contribution in [0.4, 0.5) is 9.59 Å². The molecule has 2 bridgehead atoms. The molecule has 4 aliphatic rings. The Morgan fingerprint density at radius 1 is 0.667 bits per heavy atom. The first-order valence-corrected chi connectivity index (χ1v) is 22.6. The van der Waals surface area contributed by atoms with E-state index in [1.54, 1.807) is 0 Å². The highest BCUT2D eigenvalue weighted by molar-refractivity contribution is 5.90. The Morgan fingerprint density at radius 3 is 1.49 bits per heavy atom. The number of carbonyl (C=O) groups excluding carboxylic acids is 4. The Morgan fingerprint density at radius 2 is 1.10 bits per heavy atom. The minimum Gasteiger partial charge on any atom is -0.453 e. The van der Waals surface area contributed by atoms with Gasteiger partial charge in [0, 0.05) is 25.2 Å². The van der Waals surface area contributed by atoms with Crippen LogP contribution < -0.4 is 16.0 Å². The van der Waals surface area contributed by atoms with Gasteiger partial charge in [-0.3, -0.25) is 9.59 Å². The molecule has 2 unspecified atom stereocenters. The number of carbonyl (C=O) groups is 4. The van der Waals surface area contributed by atoms with Gasteiger partial charge in [-0.25, -0.2) is 19.6 Å². The van der Waals surface area contributed by atoms with Crippen LogP contribution in [0.5, 0.6) is 0 Å². The summed E-state index contributed by atoms with van der Waals surface area (Å²) in [5.41, 5.74) is 10.8. The molecular weight excluding hydrogens is 799 g/mol. The number of nitrogens with one attached hydrogen (secondary N) is 5. The first-order valence-electron chi connectivity index (χ1n) is 22.6. The summed E-state index contributed by atoms with van der Waals surface area (Å²) in [6.07, 6.45) is 4.12. The number of aromatic amines is 2. The van der Waals surface area contributed by atoms with Crippen molar-refractivity contribution in [1.82, 2.24) is 45.7 Å². The average molecular weight is 858 g/mol. The summed E-state index contributed by atoms with van der Waals surface area (Å²) in [6, 6.07) is 15.9. The normalized spacial score (nSPS) is 22.8. The lowest BCUT2D eigenvalue weighted by Gasteiger charge is -2.29. The minimum atomic E-state index is -0.698. The fraction of sp³-hybridized carbons (Fsp3) is 0.500. The molecule has 0 saturated carbocycles. The molecule has 6 atom stereocenters. The quantitative estimate of drug-likeness (QED) is 0.0929. The van der Waals surface area contributed by atoms with E-state index in [0.29, 0.717) is 19.0 Å². The zero-order valence-corrected chi connectivity index (χ0v) is 37.2. The van der Waals surface area contributed by atoms with Crippen LogP contribution in [0, 0.1) is 17.8 Å². The molecule has 4 aliphatic heterocycles. The molecule has 0 spiro atoms.